The molecule has 3 nitrogen and oxygen atoms in total. The van der Waals surface area contributed by atoms with Gasteiger partial charge in [0.25, 0.3) is 11.7 Å². The number of para-hydroxylation sites is 2. The van der Waals surface area contributed by atoms with E-state index in [9.17, 15) is 13.6 Å². The second kappa shape index (κ2) is 6.19. The third-order valence-electron chi connectivity index (χ3n) is 3.00. The molecule has 6 heteroatoms. The highest BCUT2D eigenvalue weighted by atomic mass is 32.2. The van der Waals surface area contributed by atoms with Gasteiger partial charge in [-0.05, 0) is 24.3 Å². The Morgan fingerprint density at radius 3 is 2.59 bits per heavy atom. The summed E-state index contributed by atoms with van der Waals surface area (Å²) in [6.07, 6.45) is 0. The van der Waals surface area contributed by atoms with Crippen LogP contribution in [-0.2, 0) is 0 Å². The summed E-state index contributed by atoms with van der Waals surface area (Å²) in [5.74, 6) is -2.89. The molecule has 0 bridgehead atoms. The Morgan fingerprint density at radius 2 is 1.82 bits per heavy atom. The molecule has 2 aromatic carbocycles. The van der Waals surface area contributed by atoms with Crippen molar-refractivity contribution in [2.45, 2.75) is 10.7 Å². The molecule has 0 unspecified atom stereocenters. The van der Waals surface area contributed by atoms with E-state index in [2.05, 4.69) is 5.32 Å². The number of carbonyl (C=O) groups excluding carboxylic acids is 1. The first-order valence-corrected chi connectivity index (χ1v) is 7.35. The van der Waals surface area contributed by atoms with Gasteiger partial charge in [-0.15, -0.1) is 0 Å². The minimum atomic E-state index is -2.55. The van der Waals surface area contributed by atoms with Gasteiger partial charge >= 0.3 is 0 Å². The number of amides is 1. The zero-order valence-electron chi connectivity index (χ0n) is 11.3. The Kier molecular flexibility index (Phi) is 4.11. The number of hydrogen-bond donors (Lipinski definition) is 1. The highest BCUT2D eigenvalue weighted by Crippen LogP contribution is 2.32. The van der Waals surface area contributed by atoms with Crippen LogP contribution in [0.2, 0.25) is 0 Å². The molecule has 3 rings (SSSR count). The monoisotopic (exact) mass is 319 g/mol. The van der Waals surface area contributed by atoms with E-state index in [0.29, 0.717) is 27.9 Å². The van der Waals surface area contributed by atoms with Crippen molar-refractivity contribution in [3.8, 4) is 0 Å². The van der Waals surface area contributed by atoms with E-state index in [-0.39, 0.29) is 5.76 Å². The van der Waals surface area contributed by atoms with Gasteiger partial charge in [-0.3, -0.25) is 4.79 Å². The van der Waals surface area contributed by atoms with Crippen LogP contribution in [0.5, 0.6) is 0 Å². The Bertz CT molecular complexity index is 784. The highest BCUT2D eigenvalue weighted by Gasteiger charge is 2.15. The fourth-order valence-corrected chi connectivity index (χ4v) is 2.64. The Labute approximate surface area is 129 Å². The van der Waals surface area contributed by atoms with Crippen molar-refractivity contribution in [1.29, 1.82) is 0 Å². The molecule has 1 heterocycles. The zero-order chi connectivity index (χ0) is 15.5. The van der Waals surface area contributed by atoms with Crippen LogP contribution >= 0.6 is 11.8 Å². The molecular weight excluding hydrogens is 308 g/mol. The van der Waals surface area contributed by atoms with Gasteiger partial charge in [-0.25, -0.2) is 0 Å². The SMILES string of the molecule is O=C(Nc1ccccc1SC(F)F)c1cc2ccccc2o1. The average molecular weight is 319 g/mol. The zero-order valence-corrected chi connectivity index (χ0v) is 12.1. The summed E-state index contributed by atoms with van der Waals surface area (Å²) in [5.41, 5.74) is 0.932. The minimum Gasteiger partial charge on any atom is -0.451 e. The van der Waals surface area contributed by atoms with E-state index in [0.717, 1.165) is 5.39 Å². The van der Waals surface area contributed by atoms with Crippen molar-refractivity contribution in [2.24, 2.45) is 0 Å². The van der Waals surface area contributed by atoms with E-state index >= 15 is 0 Å². The molecular formula is C16H11F2NO2S. The van der Waals surface area contributed by atoms with Crippen molar-refractivity contribution < 1.29 is 18.0 Å². The van der Waals surface area contributed by atoms with Crippen LogP contribution < -0.4 is 5.32 Å². The summed E-state index contributed by atoms with van der Waals surface area (Å²) in [7, 11) is 0. The maximum absolute atomic E-state index is 12.5. The third-order valence-corrected chi connectivity index (χ3v) is 3.79. The molecule has 0 saturated carbocycles. The molecule has 0 aliphatic heterocycles. The van der Waals surface area contributed by atoms with Gasteiger partial charge < -0.3 is 9.73 Å². The van der Waals surface area contributed by atoms with Crippen LogP contribution in [0.25, 0.3) is 11.0 Å². The number of fused-ring (bicyclic) bond motifs is 1. The van der Waals surface area contributed by atoms with Gasteiger partial charge in [0.15, 0.2) is 5.76 Å². The predicted molar refractivity (Wildman–Crippen MR) is 82.5 cm³/mol. The molecule has 0 spiro atoms. The maximum Gasteiger partial charge on any atom is 0.291 e. The Balaban J connectivity index is 1.85. The average Bonchev–Trinajstić information content (AvgIpc) is 2.93. The largest absolute Gasteiger partial charge is 0.451 e. The summed E-state index contributed by atoms with van der Waals surface area (Å²) < 4.78 is 30.5. The molecule has 0 aliphatic carbocycles. The molecule has 1 N–H and O–H groups in total. The Morgan fingerprint density at radius 1 is 1.09 bits per heavy atom. The molecule has 3 aromatic rings. The van der Waals surface area contributed by atoms with E-state index < -0.39 is 11.7 Å². The van der Waals surface area contributed by atoms with Crippen LogP contribution in [0.15, 0.2) is 63.9 Å². The lowest BCUT2D eigenvalue weighted by atomic mass is 10.2. The fourth-order valence-electron chi connectivity index (χ4n) is 2.05. The lowest BCUT2D eigenvalue weighted by molar-refractivity contribution is 0.0998. The molecule has 112 valence electrons. The van der Waals surface area contributed by atoms with E-state index in [1.165, 1.54) is 6.07 Å². The van der Waals surface area contributed by atoms with Crippen molar-refractivity contribution in [2.75, 3.05) is 5.32 Å². The van der Waals surface area contributed by atoms with Crippen molar-refractivity contribution in [3.05, 3.63) is 60.4 Å². The van der Waals surface area contributed by atoms with E-state index in [4.69, 9.17) is 4.42 Å². The number of nitrogens with one attached hydrogen (secondary N) is 1. The van der Waals surface area contributed by atoms with Crippen LogP contribution in [0, 0.1) is 0 Å². The number of furan rings is 1. The van der Waals surface area contributed by atoms with Crippen LogP contribution in [-0.4, -0.2) is 11.7 Å². The molecule has 1 amide bonds. The lowest BCUT2D eigenvalue weighted by Crippen LogP contribution is -2.11. The number of carbonyl (C=O) groups is 1. The molecule has 1 aromatic heterocycles. The number of hydrogen-bond acceptors (Lipinski definition) is 3. The van der Waals surface area contributed by atoms with Gasteiger partial charge in [0.1, 0.15) is 5.58 Å². The van der Waals surface area contributed by atoms with Gasteiger partial charge in [0, 0.05) is 10.3 Å². The van der Waals surface area contributed by atoms with Crippen molar-refractivity contribution in [3.63, 3.8) is 0 Å². The third kappa shape index (κ3) is 3.12. The normalized spacial score (nSPS) is 11.0. The van der Waals surface area contributed by atoms with Gasteiger partial charge in [0.05, 0.1) is 5.69 Å². The molecule has 0 aliphatic rings. The van der Waals surface area contributed by atoms with Crippen molar-refractivity contribution in [1.82, 2.24) is 0 Å². The van der Waals surface area contributed by atoms with Crippen LogP contribution in [0.4, 0.5) is 14.5 Å². The lowest BCUT2D eigenvalue weighted by Gasteiger charge is -2.09. The van der Waals surface area contributed by atoms with Gasteiger partial charge in [0.2, 0.25) is 0 Å². The van der Waals surface area contributed by atoms with Gasteiger partial charge in [-0.1, -0.05) is 42.1 Å². The summed E-state index contributed by atoms with van der Waals surface area (Å²) in [4.78, 5) is 12.5. The number of rotatable bonds is 4. The second-order valence-corrected chi connectivity index (χ2v) is 5.51. The predicted octanol–water partition coefficient (Wildman–Crippen LogP) is 5.00. The first-order valence-electron chi connectivity index (χ1n) is 6.47. The van der Waals surface area contributed by atoms with E-state index in [1.807, 2.05) is 18.2 Å². The first-order chi connectivity index (χ1) is 10.6. The maximum atomic E-state index is 12.5. The highest BCUT2D eigenvalue weighted by molar-refractivity contribution is 7.99. The summed E-state index contributed by atoms with van der Waals surface area (Å²) in [6.45, 7) is 0. The molecule has 0 saturated heterocycles. The topological polar surface area (TPSA) is 42.2 Å². The quantitative estimate of drug-likeness (QED) is 0.688. The van der Waals surface area contributed by atoms with Gasteiger partial charge in [-0.2, -0.15) is 8.78 Å². The molecule has 0 fully saturated rings. The van der Waals surface area contributed by atoms with Crippen molar-refractivity contribution >= 4 is 34.3 Å². The number of thioether (sulfide) groups is 1. The smallest absolute Gasteiger partial charge is 0.291 e. The fraction of sp³-hybridized carbons (Fsp3) is 0.0625. The van der Waals surface area contributed by atoms with Crippen LogP contribution in [0.3, 0.4) is 0 Å². The molecule has 0 radical (unpaired) electrons. The Hall–Kier alpha value is -2.34. The number of benzene rings is 2. The number of halogens is 2. The standard InChI is InChI=1S/C16H11F2NO2S/c17-16(18)22-14-8-4-2-6-11(14)19-15(20)13-9-10-5-1-3-7-12(10)21-13/h1-9,16H,(H,19,20). The molecule has 22 heavy (non-hydrogen) atoms. The summed E-state index contributed by atoms with van der Waals surface area (Å²) in [6, 6.07) is 15.3. The number of anilines is 1. The van der Waals surface area contributed by atoms with E-state index in [1.54, 1.807) is 30.3 Å². The van der Waals surface area contributed by atoms with Crippen LogP contribution in [0.1, 0.15) is 10.6 Å². The minimum absolute atomic E-state index is 0.137. The summed E-state index contributed by atoms with van der Waals surface area (Å²) in [5, 5.41) is 3.41. The summed E-state index contributed by atoms with van der Waals surface area (Å²) >= 11 is 0.389. The number of alkyl halides is 2. The first kappa shape index (κ1) is 14.6. The second-order valence-electron chi connectivity index (χ2n) is 4.48. The molecule has 0 atom stereocenters.